The van der Waals surface area contributed by atoms with Crippen LogP contribution in [0.15, 0.2) is 30.3 Å². The standard InChI is InChI=1S/C26H42N2O6/c1-6-7-9-16-22(29)28(17-12-15-20-13-10-8-11-14-20)21(23(30)31)18-26(5,33)19-27-24(32)34-25(2,3)4/h8,10-11,13-14,21,33H,6-7,9,12,15-19H2,1-5H3,(H,27,32)(H,30,31)/t21-,26+/m1/s1. The predicted molar refractivity (Wildman–Crippen MR) is 132 cm³/mol. The van der Waals surface area contributed by atoms with E-state index in [1.54, 1.807) is 20.8 Å². The van der Waals surface area contributed by atoms with Crippen LogP contribution in [0.2, 0.25) is 0 Å². The molecule has 0 bridgehead atoms. The van der Waals surface area contributed by atoms with Gasteiger partial charge in [-0.3, -0.25) is 4.79 Å². The van der Waals surface area contributed by atoms with Crippen LogP contribution in [-0.2, 0) is 20.7 Å². The van der Waals surface area contributed by atoms with Crippen LogP contribution in [0.3, 0.4) is 0 Å². The number of carboxylic acid groups (broad SMARTS) is 1. The van der Waals surface area contributed by atoms with Gasteiger partial charge in [0.25, 0.3) is 0 Å². The molecule has 0 saturated carbocycles. The summed E-state index contributed by atoms with van der Waals surface area (Å²) in [6.45, 7) is 8.73. The molecule has 0 spiro atoms. The molecule has 0 radical (unpaired) electrons. The number of nitrogens with zero attached hydrogens (tertiary/aromatic N) is 1. The van der Waals surface area contributed by atoms with Crippen LogP contribution in [-0.4, -0.2) is 63.4 Å². The maximum absolute atomic E-state index is 13.0. The Morgan fingerprint density at radius 1 is 1.06 bits per heavy atom. The lowest BCUT2D eigenvalue weighted by atomic mass is 9.95. The first-order chi connectivity index (χ1) is 15.8. The van der Waals surface area contributed by atoms with E-state index in [9.17, 15) is 24.6 Å². The van der Waals surface area contributed by atoms with Crippen LogP contribution < -0.4 is 5.32 Å². The molecule has 0 aliphatic rings. The highest BCUT2D eigenvalue weighted by molar-refractivity contribution is 5.83. The summed E-state index contributed by atoms with van der Waals surface area (Å²) in [6, 6.07) is 8.60. The number of hydrogen-bond acceptors (Lipinski definition) is 5. The molecular weight excluding hydrogens is 436 g/mol. The molecule has 0 unspecified atom stereocenters. The second-order valence-electron chi connectivity index (χ2n) is 10.0. The molecule has 2 atom stereocenters. The summed E-state index contributed by atoms with van der Waals surface area (Å²) in [7, 11) is 0. The van der Waals surface area contributed by atoms with Gasteiger partial charge in [-0.1, -0.05) is 50.1 Å². The minimum Gasteiger partial charge on any atom is -0.480 e. The van der Waals surface area contributed by atoms with E-state index >= 15 is 0 Å². The van der Waals surface area contributed by atoms with Crippen LogP contribution in [0.25, 0.3) is 0 Å². The number of unbranched alkanes of at least 4 members (excludes halogenated alkanes) is 2. The Kier molecular flexibility index (Phi) is 12.1. The molecule has 0 fully saturated rings. The number of benzene rings is 1. The smallest absolute Gasteiger partial charge is 0.407 e. The van der Waals surface area contributed by atoms with Gasteiger partial charge in [0.15, 0.2) is 0 Å². The van der Waals surface area contributed by atoms with Gasteiger partial charge in [0, 0.05) is 25.9 Å². The lowest BCUT2D eigenvalue weighted by Gasteiger charge is -2.34. The average Bonchev–Trinajstić information content (AvgIpc) is 2.74. The third-order valence-electron chi connectivity index (χ3n) is 5.33. The second kappa shape index (κ2) is 13.9. The quantitative estimate of drug-likeness (QED) is 0.346. The molecule has 192 valence electrons. The maximum atomic E-state index is 13.0. The third kappa shape index (κ3) is 12.0. The Labute approximate surface area is 203 Å². The molecule has 8 nitrogen and oxygen atoms in total. The molecule has 1 aromatic rings. The van der Waals surface area contributed by atoms with Gasteiger partial charge in [0.05, 0.1) is 5.60 Å². The first-order valence-electron chi connectivity index (χ1n) is 12.1. The van der Waals surface area contributed by atoms with Crippen molar-refractivity contribution in [1.82, 2.24) is 10.2 Å². The molecule has 1 rings (SSSR count). The second-order valence-corrected chi connectivity index (χ2v) is 10.0. The Hall–Kier alpha value is -2.61. The fraction of sp³-hybridized carbons (Fsp3) is 0.654. The number of aliphatic hydroxyl groups is 1. The summed E-state index contributed by atoms with van der Waals surface area (Å²) in [5.74, 6) is -1.41. The molecule has 0 aliphatic heterocycles. The summed E-state index contributed by atoms with van der Waals surface area (Å²) in [4.78, 5) is 38.5. The SMILES string of the molecule is CCCCCC(=O)N(CCCc1ccccc1)[C@H](C[C@](C)(O)CNC(=O)OC(C)(C)C)C(=O)O. The minimum absolute atomic E-state index is 0.201. The summed E-state index contributed by atoms with van der Waals surface area (Å²) >= 11 is 0. The molecule has 0 saturated heterocycles. The number of aliphatic carboxylic acids is 1. The van der Waals surface area contributed by atoms with E-state index < -0.39 is 29.3 Å². The molecule has 0 heterocycles. The topological polar surface area (TPSA) is 116 Å². The number of aryl methyl sites for hydroxylation is 1. The first kappa shape index (κ1) is 29.4. The molecule has 0 aromatic heterocycles. The molecule has 1 aromatic carbocycles. The van der Waals surface area contributed by atoms with Crippen molar-refractivity contribution in [1.29, 1.82) is 0 Å². The lowest BCUT2D eigenvalue weighted by molar-refractivity contribution is -0.153. The molecule has 2 amide bonds. The fourth-order valence-electron chi connectivity index (χ4n) is 3.62. The monoisotopic (exact) mass is 478 g/mol. The van der Waals surface area contributed by atoms with Gasteiger partial charge in [0.1, 0.15) is 11.6 Å². The lowest BCUT2D eigenvalue weighted by Crippen LogP contribution is -2.52. The van der Waals surface area contributed by atoms with E-state index in [-0.39, 0.29) is 31.8 Å². The summed E-state index contributed by atoms with van der Waals surface area (Å²) < 4.78 is 5.18. The van der Waals surface area contributed by atoms with Crippen molar-refractivity contribution in [3.05, 3.63) is 35.9 Å². The van der Waals surface area contributed by atoms with Crippen molar-refractivity contribution in [3.63, 3.8) is 0 Å². The van der Waals surface area contributed by atoms with Crippen LogP contribution in [0.5, 0.6) is 0 Å². The zero-order valence-electron chi connectivity index (χ0n) is 21.3. The number of amides is 2. The largest absolute Gasteiger partial charge is 0.480 e. The van der Waals surface area contributed by atoms with Crippen LogP contribution in [0.1, 0.15) is 78.7 Å². The van der Waals surface area contributed by atoms with Crippen LogP contribution in [0.4, 0.5) is 4.79 Å². The van der Waals surface area contributed by atoms with Gasteiger partial charge < -0.3 is 25.2 Å². The minimum atomic E-state index is -1.55. The molecule has 8 heteroatoms. The van der Waals surface area contributed by atoms with E-state index in [0.29, 0.717) is 19.3 Å². The first-order valence-corrected chi connectivity index (χ1v) is 12.1. The van der Waals surface area contributed by atoms with Crippen molar-refractivity contribution in [2.45, 2.75) is 96.8 Å². The van der Waals surface area contributed by atoms with Gasteiger partial charge in [-0.25, -0.2) is 9.59 Å². The highest BCUT2D eigenvalue weighted by atomic mass is 16.6. The van der Waals surface area contributed by atoms with E-state index in [1.807, 2.05) is 37.3 Å². The average molecular weight is 479 g/mol. The van der Waals surface area contributed by atoms with E-state index in [1.165, 1.54) is 11.8 Å². The van der Waals surface area contributed by atoms with Gasteiger partial charge in [-0.05, 0) is 52.5 Å². The summed E-state index contributed by atoms with van der Waals surface area (Å²) in [6.07, 6.45) is 3.19. The van der Waals surface area contributed by atoms with Crippen LogP contribution >= 0.6 is 0 Å². The molecule has 34 heavy (non-hydrogen) atoms. The Morgan fingerprint density at radius 3 is 2.26 bits per heavy atom. The highest BCUT2D eigenvalue weighted by Gasteiger charge is 2.36. The Balaban J connectivity index is 2.90. The van der Waals surface area contributed by atoms with Gasteiger partial charge in [0.2, 0.25) is 5.91 Å². The zero-order chi connectivity index (χ0) is 25.8. The Bertz CT molecular complexity index is 773. The van der Waals surface area contributed by atoms with E-state index in [4.69, 9.17) is 4.74 Å². The summed E-state index contributed by atoms with van der Waals surface area (Å²) in [5.41, 5.74) is -1.14. The number of nitrogens with one attached hydrogen (secondary N) is 1. The van der Waals surface area contributed by atoms with Crippen molar-refractivity contribution < 1.29 is 29.3 Å². The number of rotatable bonds is 14. The predicted octanol–water partition coefficient (Wildman–Crippen LogP) is 4.15. The Morgan fingerprint density at radius 2 is 1.71 bits per heavy atom. The molecule has 0 aliphatic carbocycles. The van der Waals surface area contributed by atoms with Gasteiger partial charge in [-0.15, -0.1) is 0 Å². The zero-order valence-corrected chi connectivity index (χ0v) is 21.3. The summed E-state index contributed by atoms with van der Waals surface area (Å²) in [5, 5.41) is 23.3. The normalized spacial score (nSPS) is 14.1. The van der Waals surface area contributed by atoms with Gasteiger partial charge >= 0.3 is 12.1 Å². The number of ether oxygens (including phenoxy) is 1. The highest BCUT2D eigenvalue weighted by Crippen LogP contribution is 2.20. The van der Waals surface area contributed by atoms with Crippen molar-refractivity contribution in [2.24, 2.45) is 0 Å². The van der Waals surface area contributed by atoms with E-state index in [0.717, 1.165) is 18.4 Å². The molecule has 3 N–H and O–H groups in total. The number of hydrogen-bond donors (Lipinski definition) is 3. The van der Waals surface area contributed by atoms with Crippen LogP contribution in [0, 0.1) is 0 Å². The number of alkyl carbamates (subject to hydrolysis) is 1. The van der Waals surface area contributed by atoms with E-state index in [2.05, 4.69) is 5.32 Å². The number of carbonyl (C=O) groups is 3. The fourth-order valence-corrected chi connectivity index (χ4v) is 3.62. The number of carbonyl (C=O) groups excluding carboxylic acids is 2. The maximum Gasteiger partial charge on any atom is 0.407 e. The van der Waals surface area contributed by atoms with Gasteiger partial charge in [-0.2, -0.15) is 0 Å². The number of carboxylic acids is 1. The van der Waals surface area contributed by atoms with Crippen molar-refractivity contribution >= 4 is 18.0 Å². The molecular formula is C26H42N2O6. The third-order valence-corrected chi connectivity index (χ3v) is 5.33. The van der Waals surface area contributed by atoms with Crippen molar-refractivity contribution in [2.75, 3.05) is 13.1 Å². The van der Waals surface area contributed by atoms with Crippen molar-refractivity contribution in [3.8, 4) is 0 Å².